The summed E-state index contributed by atoms with van der Waals surface area (Å²) in [5, 5.41) is 3.42. The molecule has 1 aromatic carbocycles. The molecule has 0 radical (unpaired) electrons. The lowest BCUT2D eigenvalue weighted by atomic mass is 9.89. The molecule has 154 valence electrons. The van der Waals surface area contributed by atoms with E-state index in [0.717, 1.165) is 43.4 Å². The van der Waals surface area contributed by atoms with E-state index in [1.54, 1.807) is 0 Å². The molecule has 1 aromatic rings. The Morgan fingerprint density at radius 2 is 1.67 bits per heavy atom. The number of benzene rings is 1. The molecule has 0 spiro atoms. The topological polar surface area (TPSA) is 36.9 Å². The van der Waals surface area contributed by atoms with Gasteiger partial charge in [0.15, 0.2) is 0 Å². The zero-order valence-corrected chi connectivity index (χ0v) is 21.7. The number of ether oxygens (including phenoxy) is 1. The summed E-state index contributed by atoms with van der Waals surface area (Å²) in [6.07, 6.45) is 4.95. The van der Waals surface area contributed by atoms with E-state index in [4.69, 9.17) is 4.74 Å². The van der Waals surface area contributed by atoms with Crippen LogP contribution in [0.15, 0.2) is 17.1 Å². The Morgan fingerprint density at radius 3 is 2.22 bits per heavy atom. The minimum Gasteiger partial charge on any atom is -0.491 e. The summed E-state index contributed by atoms with van der Waals surface area (Å²) in [6, 6.07) is 5.67. The molecule has 2 aliphatic rings. The second-order valence-electron chi connectivity index (χ2n) is 7.76. The lowest BCUT2D eigenvalue weighted by Crippen LogP contribution is -2.39. The van der Waals surface area contributed by atoms with Gasteiger partial charge in [0.05, 0.1) is 12.1 Å². The average molecular weight is 599 g/mol. The zero-order chi connectivity index (χ0) is 17.8. The van der Waals surface area contributed by atoms with Crippen LogP contribution in [0.3, 0.4) is 0 Å². The average Bonchev–Trinajstić information content (AvgIpc) is 3.11. The fourth-order valence-corrected chi connectivity index (χ4v) is 4.02. The maximum Gasteiger partial charge on any atom is 0.132 e. The summed E-state index contributed by atoms with van der Waals surface area (Å²) in [5.74, 6) is 2.01. The van der Waals surface area contributed by atoms with Crippen molar-refractivity contribution in [1.29, 1.82) is 0 Å². The molecule has 0 bridgehead atoms. The van der Waals surface area contributed by atoms with E-state index in [-0.39, 0.29) is 48.0 Å². The molecule has 0 atom stereocenters. The van der Waals surface area contributed by atoms with Crippen LogP contribution >= 0.6 is 48.0 Å². The molecule has 1 heterocycles. The van der Waals surface area contributed by atoms with E-state index in [1.807, 2.05) is 0 Å². The number of aliphatic imine (C=N–C) groups is 1. The van der Waals surface area contributed by atoms with Crippen molar-refractivity contribution in [2.24, 2.45) is 4.99 Å². The number of hydrogen-bond donors (Lipinski definition) is 1. The summed E-state index contributed by atoms with van der Waals surface area (Å²) in [7, 11) is 0. The van der Waals surface area contributed by atoms with Crippen LogP contribution in [0.5, 0.6) is 5.75 Å². The van der Waals surface area contributed by atoms with E-state index in [9.17, 15) is 0 Å². The van der Waals surface area contributed by atoms with E-state index in [2.05, 4.69) is 55.0 Å². The highest BCUT2D eigenvalue weighted by Crippen LogP contribution is 2.30. The number of aryl methyl sites for hydroxylation is 2. The van der Waals surface area contributed by atoms with Crippen LogP contribution in [0.4, 0.5) is 0 Å². The van der Waals surface area contributed by atoms with Crippen molar-refractivity contribution in [2.75, 3.05) is 26.2 Å². The van der Waals surface area contributed by atoms with Crippen LogP contribution in [0.1, 0.15) is 57.2 Å². The number of hydrogen-bond acceptors (Lipinski definition) is 4. The summed E-state index contributed by atoms with van der Waals surface area (Å²) < 4.78 is 6.28. The molecule has 0 saturated carbocycles. The first-order valence-electron chi connectivity index (χ1n) is 9.89. The van der Waals surface area contributed by atoms with Crippen LogP contribution in [0.2, 0.25) is 0 Å². The monoisotopic (exact) mass is 599 g/mol. The van der Waals surface area contributed by atoms with Gasteiger partial charge in [0.25, 0.3) is 0 Å². The molecule has 0 unspecified atom stereocenters. The van der Waals surface area contributed by atoms with Gasteiger partial charge in [0.1, 0.15) is 18.2 Å². The Kier molecular flexibility index (Phi) is 10.9. The van der Waals surface area contributed by atoms with E-state index >= 15 is 0 Å². The van der Waals surface area contributed by atoms with Crippen LogP contribution in [0, 0.1) is 0 Å². The third kappa shape index (κ3) is 6.45. The van der Waals surface area contributed by atoms with Gasteiger partial charge >= 0.3 is 0 Å². The largest absolute Gasteiger partial charge is 0.491 e. The highest BCUT2D eigenvalue weighted by molar-refractivity contribution is 14.0. The Morgan fingerprint density at radius 1 is 1.04 bits per heavy atom. The van der Waals surface area contributed by atoms with Crippen LogP contribution in [-0.4, -0.2) is 49.1 Å². The van der Waals surface area contributed by atoms with Gasteiger partial charge in [-0.2, -0.15) is 0 Å². The van der Waals surface area contributed by atoms with Crippen molar-refractivity contribution >= 4 is 53.8 Å². The molecule has 27 heavy (non-hydrogen) atoms. The molecule has 0 fully saturated rings. The minimum absolute atomic E-state index is 0. The molecule has 1 N–H and O–H groups in total. The third-order valence-electron chi connectivity index (χ3n) is 5.31. The molecule has 0 aromatic heterocycles. The highest BCUT2D eigenvalue weighted by atomic mass is 127. The molecule has 1 aliphatic carbocycles. The quantitative estimate of drug-likeness (QED) is 0.464. The fraction of sp³-hybridized carbons (Fsp3) is 0.667. The SMILES string of the molecule is CC(C)N(CCOc1cc2c(cc1C1=NCCN1)CCCC2)C(C)C.I.I. The van der Waals surface area contributed by atoms with Gasteiger partial charge in [-0.15, -0.1) is 48.0 Å². The summed E-state index contributed by atoms with van der Waals surface area (Å²) in [6.45, 7) is 12.5. The van der Waals surface area contributed by atoms with Gasteiger partial charge < -0.3 is 10.1 Å². The van der Waals surface area contributed by atoms with Crippen LogP contribution in [0.25, 0.3) is 0 Å². The van der Waals surface area contributed by atoms with Crippen LogP contribution in [-0.2, 0) is 12.8 Å². The predicted molar refractivity (Wildman–Crippen MR) is 136 cm³/mol. The molecule has 4 nitrogen and oxygen atoms in total. The summed E-state index contributed by atoms with van der Waals surface area (Å²) in [4.78, 5) is 7.11. The Labute approximate surface area is 199 Å². The Hall–Kier alpha value is -0.0900. The van der Waals surface area contributed by atoms with Crippen molar-refractivity contribution in [3.05, 3.63) is 28.8 Å². The molecular weight excluding hydrogens is 564 g/mol. The van der Waals surface area contributed by atoms with Crippen LogP contribution < -0.4 is 10.1 Å². The van der Waals surface area contributed by atoms with Gasteiger partial charge in [-0.3, -0.25) is 9.89 Å². The third-order valence-corrected chi connectivity index (χ3v) is 5.31. The summed E-state index contributed by atoms with van der Waals surface area (Å²) in [5.41, 5.74) is 4.10. The van der Waals surface area contributed by atoms with E-state index in [1.165, 1.54) is 36.8 Å². The summed E-state index contributed by atoms with van der Waals surface area (Å²) >= 11 is 0. The number of amidine groups is 1. The van der Waals surface area contributed by atoms with E-state index < -0.39 is 0 Å². The Bertz CT molecular complexity index is 624. The van der Waals surface area contributed by atoms with Gasteiger partial charge in [-0.25, -0.2) is 0 Å². The first-order chi connectivity index (χ1) is 12.1. The lowest BCUT2D eigenvalue weighted by Gasteiger charge is -2.30. The first-order valence-corrected chi connectivity index (χ1v) is 9.89. The van der Waals surface area contributed by atoms with Crippen molar-refractivity contribution in [2.45, 2.75) is 65.5 Å². The highest BCUT2D eigenvalue weighted by Gasteiger charge is 2.20. The van der Waals surface area contributed by atoms with Crippen molar-refractivity contribution in [1.82, 2.24) is 10.2 Å². The van der Waals surface area contributed by atoms with Crippen molar-refractivity contribution in [3.63, 3.8) is 0 Å². The molecule has 1 aliphatic heterocycles. The first kappa shape index (κ1) is 24.9. The molecule has 6 heteroatoms. The minimum atomic E-state index is 0. The number of fused-ring (bicyclic) bond motifs is 1. The van der Waals surface area contributed by atoms with Gasteiger partial charge in [0, 0.05) is 25.2 Å². The molecule has 3 rings (SSSR count). The maximum atomic E-state index is 6.28. The van der Waals surface area contributed by atoms with Gasteiger partial charge in [-0.1, -0.05) is 0 Å². The van der Waals surface area contributed by atoms with Gasteiger partial charge in [0.2, 0.25) is 0 Å². The number of halogens is 2. The zero-order valence-electron chi connectivity index (χ0n) is 17.1. The van der Waals surface area contributed by atoms with E-state index in [0.29, 0.717) is 12.1 Å². The van der Waals surface area contributed by atoms with Crippen molar-refractivity contribution < 1.29 is 4.74 Å². The maximum absolute atomic E-state index is 6.28. The molecule has 0 amide bonds. The normalized spacial score (nSPS) is 15.7. The predicted octanol–water partition coefficient (Wildman–Crippen LogP) is 4.65. The van der Waals surface area contributed by atoms with Gasteiger partial charge in [-0.05, 0) is 76.6 Å². The number of nitrogens with one attached hydrogen (secondary N) is 1. The number of rotatable bonds is 7. The fourth-order valence-electron chi connectivity index (χ4n) is 4.02. The van der Waals surface area contributed by atoms with Crippen molar-refractivity contribution in [3.8, 4) is 5.75 Å². The smallest absolute Gasteiger partial charge is 0.132 e. The number of nitrogens with zero attached hydrogens (tertiary/aromatic N) is 2. The second-order valence-corrected chi connectivity index (χ2v) is 7.76. The second kappa shape index (κ2) is 11.8. The molecular formula is C21H35I2N3O. The molecule has 0 saturated heterocycles. The Balaban J connectivity index is 0.00000182. The lowest BCUT2D eigenvalue weighted by molar-refractivity contribution is 0.142. The standard InChI is InChI=1S/C21H33N3O.2HI/c1-15(2)24(16(3)4)11-12-25-20-14-18-8-6-5-7-17(18)13-19(20)21-22-9-10-23-21;;/h13-16H,5-12H2,1-4H3,(H,22,23);2*1H.